The molecule has 7 nitrogen and oxygen atoms in total. The highest BCUT2D eigenvalue weighted by Gasteiger charge is 2.51. The van der Waals surface area contributed by atoms with Crippen LogP contribution in [0.25, 0.3) is 0 Å². The van der Waals surface area contributed by atoms with Crippen LogP contribution < -0.4 is 5.32 Å². The van der Waals surface area contributed by atoms with Gasteiger partial charge in [-0.3, -0.25) is 10.2 Å². The zero-order chi connectivity index (χ0) is 18.0. The summed E-state index contributed by atoms with van der Waals surface area (Å²) >= 11 is 0. The van der Waals surface area contributed by atoms with Crippen LogP contribution in [0.4, 0.5) is 5.82 Å². The lowest BCUT2D eigenvalue weighted by molar-refractivity contribution is -0.152. The van der Waals surface area contributed by atoms with Crippen LogP contribution >= 0.6 is 0 Å². The van der Waals surface area contributed by atoms with Crippen molar-refractivity contribution in [3.63, 3.8) is 0 Å². The van der Waals surface area contributed by atoms with Crippen molar-refractivity contribution < 1.29 is 4.79 Å². The van der Waals surface area contributed by atoms with E-state index in [1.807, 2.05) is 17.0 Å². The van der Waals surface area contributed by atoms with Crippen LogP contribution in [-0.2, 0) is 4.79 Å². The number of nitrogens with one attached hydrogen (secondary N) is 3. The third kappa shape index (κ3) is 3.00. The Morgan fingerprint density at radius 3 is 3.12 bits per heavy atom. The Balaban J connectivity index is 1.80. The van der Waals surface area contributed by atoms with Gasteiger partial charge in [-0.15, -0.1) is 0 Å². The molecule has 2 fully saturated rings. The number of likely N-dealkylation sites (tertiary alicyclic amines) is 2. The average Bonchev–Trinajstić information content (AvgIpc) is 3.01. The number of carbonyl (C=O) groups excluding carboxylic acids is 1. The fourth-order valence-electron chi connectivity index (χ4n) is 4.17. The first-order valence-corrected chi connectivity index (χ1v) is 8.57. The zero-order valence-corrected chi connectivity index (χ0v) is 14.5. The third-order valence-corrected chi connectivity index (χ3v) is 5.22. The molecule has 2 aliphatic heterocycles. The molecule has 2 unspecified atom stereocenters. The number of amidine groups is 1. The van der Waals surface area contributed by atoms with Gasteiger partial charge in [-0.1, -0.05) is 13.5 Å². The molecule has 1 amide bonds. The number of aromatic nitrogens is 1. The maximum absolute atomic E-state index is 12.3. The molecule has 3 heterocycles. The fourth-order valence-corrected chi connectivity index (χ4v) is 4.17. The molecule has 1 aromatic heterocycles. The molecule has 25 heavy (non-hydrogen) atoms. The van der Waals surface area contributed by atoms with Crippen LogP contribution in [0, 0.1) is 22.7 Å². The summed E-state index contributed by atoms with van der Waals surface area (Å²) in [6, 6.07) is 3.83. The average molecular weight is 340 g/mol. The number of hydrogen-bond donors (Lipinski definition) is 3. The van der Waals surface area contributed by atoms with Crippen LogP contribution in [0.1, 0.15) is 31.7 Å². The second kappa shape index (κ2) is 6.63. The van der Waals surface area contributed by atoms with Gasteiger partial charge in [0.25, 0.3) is 0 Å². The van der Waals surface area contributed by atoms with E-state index < -0.39 is 0 Å². The maximum Gasteiger partial charge on any atom is 0.237 e. The minimum Gasteiger partial charge on any atom is -0.354 e. The molecule has 132 valence electrons. The van der Waals surface area contributed by atoms with Crippen molar-refractivity contribution >= 4 is 17.6 Å². The summed E-state index contributed by atoms with van der Waals surface area (Å²) in [6.07, 6.45) is 5.17. The van der Waals surface area contributed by atoms with Crippen molar-refractivity contribution in [3.05, 3.63) is 30.6 Å². The number of piperidine rings is 1. The molecule has 1 spiro atoms. The van der Waals surface area contributed by atoms with Gasteiger partial charge in [0, 0.05) is 25.8 Å². The summed E-state index contributed by atoms with van der Waals surface area (Å²) < 4.78 is 0. The van der Waals surface area contributed by atoms with E-state index in [1.165, 1.54) is 0 Å². The molecule has 0 aromatic carbocycles. The van der Waals surface area contributed by atoms with Gasteiger partial charge in [0.1, 0.15) is 18.1 Å². The number of amides is 1. The molecule has 2 atom stereocenters. The number of H-pyrrole nitrogens is 1. The number of carbonyl (C=O) groups is 1. The van der Waals surface area contributed by atoms with Crippen LogP contribution in [0.15, 0.2) is 25.0 Å². The molecular formula is C18H24N6O. The van der Waals surface area contributed by atoms with Crippen molar-refractivity contribution in [3.8, 4) is 6.07 Å². The van der Waals surface area contributed by atoms with Gasteiger partial charge < -0.3 is 20.1 Å². The second-order valence-electron chi connectivity index (χ2n) is 7.01. The van der Waals surface area contributed by atoms with Crippen LogP contribution in [0.2, 0.25) is 0 Å². The normalized spacial score (nSPS) is 25.2. The second-order valence-corrected chi connectivity index (χ2v) is 7.01. The Bertz CT molecular complexity index is 732. The summed E-state index contributed by atoms with van der Waals surface area (Å²) in [7, 11) is 0. The Hall–Kier alpha value is -2.75. The van der Waals surface area contributed by atoms with E-state index in [4.69, 9.17) is 10.7 Å². The van der Waals surface area contributed by atoms with Crippen LogP contribution in [-0.4, -0.2) is 51.7 Å². The first-order chi connectivity index (χ1) is 12.0. The molecule has 3 rings (SSSR count). The maximum atomic E-state index is 12.3. The molecule has 0 bridgehead atoms. The van der Waals surface area contributed by atoms with Gasteiger partial charge in [0.2, 0.25) is 5.91 Å². The Labute approximate surface area is 147 Å². The highest BCUT2D eigenvalue weighted by molar-refractivity contribution is 6.01. The Morgan fingerprint density at radius 1 is 1.68 bits per heavy atom. The van der Waals surface area contributed by atoms with Gasteiger partial charge in [-0.05, 0) is 31.0 Å². The highest BCUT2D eigenvalue weighted by atomic mass is 16.2. The van der Waals surface area contributed by atoms with Crippen molar-refractivity contribution in [1.29, 1.82) is 10.7 Å². The molecule has 0 saturated carbocycles. The summed E-state index contributed by atoms with van der Waals surface area (Å²) in [5.41, 5.74) is 0.554. The van der Waals surface area contributed by atoms with E-state index >= 15 is 0 Å². The van der Waals surface area contributed by atoms with E-state index in [9.17, 15) is 4.79 Å². The number of nitrogens with zero attached hydrogens (tertiary/aromatic N) is 3. The largest absolute Gasteiger partial charge is 0.354 e. The van der Waals surface area contributed by atoms with Crippen molar-refractivity contribution in [1.82, 2.24) is 14.8 Å². The van der Waals surface area contributed by atoms with Crippen molar-refractivity contribution in [2.24, 2.45) is 5.92 Å². The first kappa shape index (κ1) is 17.1. The number of anilines is 1. The third-order valence-electron chi connectivity index (χ3n) is 5.22. The van der Waals surface area contributed by atoms with E-state index in [-0.39, 0.29) is 17.9 Å². The molecule has 0 aliphatic carbocycles. The SMILES string of the molecule is C=CNc1[nH]ccc1C(=N)N1CC(C)CC2(CCN2C(=O)CC#N)C1. The summed E-state index contributed by atoms with van der Waals surface area (Å²) in [4.78, 5) is 19.2. The molecule has 0 radical (unpaired) electrons. The molecular weight excluding hydrogens is 316 g/mol. The molecule has 7 heteroatoms. The lowest BCUT2D eigenvalue weighted by Crippen LogP contribution is -2.70. The smallest absolute Gasteiger partial charge is 0.237 e. The highest BCUT2D eigenvalue weighted by Crippen LogP contribution is 2.41. The van der Waals surface area contributed by atoms with Gasteiger partial charge in [0.15, 0.2) is 0 Å². The summed E-state index contributed by atoms with van der Waals surface area (Å²) in [5, 5.41) is 20.5. The predicted octanol–water partition coefficient (Wildman–Crippen LogP) is 2.12. The van der Waals surface area contributed by atoms with E-state index in [0.29, 0.717) is 24.8 Å². The Morgan fingerprint density at radius 2 is 2.48 bits per heavy atom. The lowest BCUT2D eigenvalue weighted by atomic mass is 9.74. The number of hydrogen-bond acceptors (Lipinski definition) is 4. The molecule has 2 saturated heterocycles. The Kier molecular flexibility index (Phi) is 4.53. The number of rotatable bonds is 4. The van der Waals surface area contributed by atoms with Crippen LogP contribution in [0.5, 0.6) is 0 Å². The standard InChI is InChI=1S/C18H24N6O/c1-3-21-17-14(5-8-22-17)16(20)23-11-13(2)10-18(12-23)6-9-24(18)15(25)4-7-19/h3,5,8,13,20-22H,1,4,6,9-12H2,2H3. The van der Waals surface area contributed by atoms with Gasteiger partial charge >= 0.3 is 0 Å². The topological polar surface area (TPSA) is 99.0 Å². The number of aromatic amines is 1. The van der Waals surface area contributed by atoms with E-state index in [2.05, 4.69) is 28.7 Å². The summed E-state index contributed by atoms with van der Waals surface area (Å²) in [5.74, 6) is 1.47. The molecule has 1 aromatic rings. The quantitative estimate of drug-likeness (QED) is 0.577. The lowest BCUT2D eigenvalue weighted by Gasteiger charge is -2.58. The predicted molar refractivity (Wildman–Crippen MR) is 96.1 cm³/mol. The van der Waals surface area contributed by atoms with Gasteiger partial charge in [0.05, 0.1) is 17.2 Å². The molecule has 2 aliphatic rings. The minimum atomic E-state index is -0.236. The van der Waals surface area contributed by atoms with E-state index in [0.717, 1.165) is 30.8 Å². The number of nitriles is 1. The first-order valence-electron chi connectivity index (χ1n) is 8.57. The van der Waals surface area contributed by atoms with Crippen LogP contribution in [0.3, 0.4) is 0 Å². The minimum absolute atomic E-state index is 0.0706. The zero-order valence-electron chi connectivity index (χ0n) is 14.5. The fraction of sp³-hybridized carbons (Fsp3) is 0.500. The molecule has 3 N–H and O–H groups in total. The van der Waals surface area contributed by atoms with Crippen molar-refractivity contribution in [2.75, 3.05) is 25.0 Å². The monoisotopic (exact) mass is 340 g/mol. The summed E-state index contributed by atoms with van der Waals surface area (Å²) in [6.45, 7) is 7.97. The van der Waals surface area contributed by atoms with E-state index in [1.54, 1.807) is 12.4 Å². The van der Waals surface area contributed by atoms with Gasteiger partial charge in [-0.2, -0.15) is 5.26 Å². The van der Waals surface area contributed by atoms with Crippen molar-refractivity contribution in [2.45, 2.75) is 31.7 Å². The van der Waals surface area contributed by atoms with Gasteiger partial charge in [-0.25, -0.2) is 0 Å².